The van der Waals surface area contributed by atoms with Crippen molar-refractivity contribution in [2.24, 2.45) is 5.10 Å². The normalized spacial score (nSPS) is 10.7. The van der Waals surface area contributed by atoms with Gasteiger partial charge in [0.15, 0.2) is 6.61 Å². The van der Waals surface area contributed by atoms with Crippen molar-refractivity contribution in [3.8, 4) is 11.5 Å². The van der Waals surface area contributed by atoms with Crippen LogP contribution in [0.4, 0.5) is 0 Å². The summed E-state index contributed by atoms with van der Waals surface area (Å²) in [4.78, 5) is 11.7. The van der Waals surface area contributed by atoms with E-state index < -0.39 is 0 Å². The van der Waals surface area contributed by atoms with Crippen LogP contribution >= 0.6 is 31.9 Å². The third-order valence-electron chi connectivity index (χ3n) is 2.99. The number of amides is 1. The van der Waals surface area contributed by atoms with Crippen molar-refractivity contribution >= 4 is 44.0 Å². The Hall–Kier alpha value is -1.86. The Morgan fingerprint density at radius 2 is 1.96 bits per heavy atom. The molecule has 0 unspecified atom stereocenters. The van der Waals surface area contributed by atoms with Crippen molar-refractivity contribution in [1.29, 1.82) is 0 Å². The number of nitrogens with zero attached hydrogens (tertiary/aromatic N) is 1. The molecule has 24 heavy (non-hydrogen) atoms. The van der Waals surface area contributed by atoms with E-state index in [0.717, 1.165) is 20.1 Å². The van der Waals surface area contributed by atoms with Crippen molar-refractivity contribution in [3.63, 3.8) is 0 Å². The zero-order valence-electron chi connectivity index (χ0n) is 13.2. The third kappa shape index (κ3) is 5.35. The number of hydrazone groups is 1. The van der Waals surface area contributed by atoms with Crippen molar-refractivity contribution in [1.82, 2.24) is 5.43 Å². The maximum atomic E-state index is 11.7. The summed E-state index contributed by atoms with van der Waals surface area (Å²) in [5.74, 6) is 1.01. The fourth-order valence-corrected chi connectivity index (χ4v) is 3.46. The van der Waals surface area contributed by atoms with Gasteiger partial charge in [0.2, 0.25) is 0 Å². The van der Waals surface area contributed by atoms with Gasteiger partial charge in [-0.15, -0.1) is 0 Å². The van der Waals surface area contributed by atoms with Crippen molar-refractivity contribution in [3.05, 3.63) is 56.5 Å². The highest BCUT2D eigenvalue weighted by molar-refractivity contribution is 9.11. The van der Waals surface area contributed by atoms with E-state index in [9.17, 15) is 4.79 Å². The van der Waals surface area contributed by atoms with Crippen LogP contribution in [0.1, 0.15) is 11.1 Å². The molecule has 0 heterocycles. The number of benzene rings is 2. The molecular weight excluding hydrogens is 440 g/mol. The molecule has 0 aliphatic rings. The number of carbonyl (C=O) groups is 1. The van der Waals surface area contributed by atoms with E-state index in [2.05, 4.69) is 42.4 Å². The Morgan fingerprint density at radius 3 is 2.58 bits per heavy atom. The Labute approximate surface area is 157 Å². The topological polar surface area (TPSA) is 59.9 Å². The highest BCUT2D eigenvalue weighted by atomic mass is 79.9. The SMILES string of the molecule is COc1c(Br)cc(C=NNC(=O)COc2cccc(C)c2)cc1Br. The van der Waals surface area contributed by atoms with E-state index >= 15 is 0 Å². The molecule has 2 aromatic rings. The lowest BCUT2D eigenvalue weighted by Gasteiger charge is -2.07. The Balaban J connectivity index is 1.88. The second kappa shape index (κ2) is 8.84. The van der Waals surface area contributed by atoms with Gasteiger partial charge in [-0.1, -0.05) is 12.1 Å². The molecule has 1 amide bonds. The van der Waals surface area contributed by atoms with Crippen LogP contribution in [0.3, 0.4) is 0 Å². The lowest BCUT2D eigenvalue weighted by molar-refractivity contribution is -0.123. The standard InChI is InChI=1S/C17H16Br2N2O3/c1-11-4-3-5-13(6-11)24-10-16(22)21-20-9-12-7-14(18)17(23-2)15(19)8-12/h3-9H,10H2,1-2H3,(H,21,22). The van der Waals surface area contributed by atoms with Crippen molar-refractivity contribution < 1.29 is 14.3 Å². The average Bonchev–Trinajstić information content (AvgIpc) is 2.53. The summed E-state index contributed by atoms with van der Waals surface area (Å²) in [5.41, 5.74) is 4.30. The number of rotatable bonds is 6. The lowest BCUT2D eigenvalue weighted by atomic mass is 10.2. The summed E-state index contributed by atoms with van der Waals surface area (Å²) < 4.78 is 12.2. The second-order valence-corrected chi connectivity index (χ2v) is 6.62. The predicted octanol–water partition coefficient (Wildman–Crippen LogP) is 4.06. The van der Waals surface area contributed by atoms with Gasteiger partial charge in [-0.05, 0) is 74.2 Å². The molecule has 7 heteroatoms. The van der Waals surface area contributed by atoms with E-state index in [1.807, 2.05) is 37.3 Å². The van der Waals surface area contributed by atoms with Gasteiger partial charge in [0.1, 0.15) is 11.5 Å². The fraction of sp³-hybridized carbons (Fsp3) is 0.176. The third-order valence-corrected chi connectivity index (χ3v) is 4.17. The first-order chi connectivity index (χ1) is 11.5. The van der Waals surface area contributed by atoms with Crippen LogP contribution in [0.25, 0.3) is 0 Å². The van der Waals surface area contributed by atoms with Crippen LogP contribution in [0.15, 0.2) is 50.4 Å². The molecule has 0 saturated carbocycles. The van der Waals surface area contributed by atoms with Crippen LogP contribution < -0.4 is 14.9 Å². The molecule has 1 N–H and O–H groups in total. The minimum atomic E-state index is -0.334. The first-order valence-corrected chi connectivity index (χ1v) is 8.62. The zero-order chi connectivity index (χ0) is 17.5. The summed E-state index contributed by atoms with van der Waals surface area (Å²) in [7, 11) is 1.59. The molecule has 5 nitrogen and oxygen atoms in total. The van der Waals surface area contributed by atoms with Gasteiger partial charge in [0.25, 0.3) is 5.91 Å². The van der Waals surface area contributed by atoms with E-state index in [1.165, 1.54) is 0 Å². The Morgan fingerprint density at radius 1 is 1.25 bits per heavy atom. The first kappa shape index (κ1) is 18.5. The molecule has 0 atom stereocenters. The summed E-state index contributed by atoms with van der Waals surface area (Å²) in [5, 5.41) is 3.92. The summed E-state index contributed by atoms with van der Waals surface area (Å²) in [6.07, 6.45) is 1.54. The number of nitrogens with one attached hydrogen (secondary N) is 1. The Bertz CT molecular complexity index is 740. The van der Waals surface area contributed by atoms with Crippen LogP contribution in [0, 0.1) is 6.92 Å². The largest absolute Gasteiger partial charge is 0.494 e. The van der Waals surface area contributed by atoms with Gasteiger partial charge < -0.3 is 9.47 Å². The highest BCUT2D eigenvalue weighted by Gasteiger charge is 2.07. The molecule has 0 aliphatic carbocycles. The number of halogens is 2. The lowest BCUT2D eigenvalue weighted by Crippen LogP contribution is -2.24. The van der Waals surface area contributed by atoms with Crippen LogP contribution in [-0.4, -0.2) is 25.8 Å². The number of hydrogen-bond acceptors (Lipinski definition) is 4. The molecule has 0 bridgehead atoms. The molecular formula is C17H16Br2N2O3. The van der Waals surface area contributed by atoms with E-state index in [1.54, 1.807) is 19.4 Å². The summed E-state index contributed by atoms with van der Waals surface area (Å²) >= 11 is 6.82. The van der Waals surface area contributed by atoms with E-state index in [0.29, 0.717) is 11.5 Å². The average molecular weight is 456 g/mol. The smallest absolute Gasteiger partial charge is 0.277 e. The molecule has 126 valence electrons. The van der Waals surface area contributed by atoms with Gasteiger partial charge in [0, 0.05) is 0 Å². The second-order valence-electron chi connectivity index (χ2n) is 4.92. The first-order valence-electron chi connectivity index (χ1n) is 7.04. The van der Waals surface area contributed by atoms with Gasteiger partial charge in [0.05, 0.1) is 22.3 Å². The predicted molar refractivity (Wildman–Crippen MR) is 101 cm³/mol. The summed E-state index contributed by atoms with van der Waals surface area (Å²) in [6.45, 7) is 1.86. The summed E-state index contributed by atoms with van der Waals surface area (Å²) in [6, 6.07) is 11.2. The monoisotopic (exact) mass is 454 g/mol. The minimum Gasteiger partial charge on any atom is -0.494 e. The van der Waals surface area contributed by atoms with E-state index in [-0.39, 0.29) is 12.5 Å². The Kier molecular flexibility index (Phi) is 6.81. The number of aryl methyl sites for hydroxylation is 1. The maximum Gasteiger partial charge on any atom is 0.277 e. The maximum absolute atomic E-state index is 11.7. The van der Waals surface area contributed by atoms with Gasteiger partial charge in [-0.2, -0.15) is 5.10 Å². The van der Waals surface area contributed by atoms with Gasteiger partial charge in [-0.3, -0.25) is 4.79 Å². The van der Waals surface area contributed by atoms with Crippen molar-refractivity contribution in [2.75, 3.05) is 13.7 Å². The molecule has 0 saturated heterocycles. The van der Waals surface area contributed by atoms with Crippen molar-refractivity contribution in [2.45, 2.75) is 6.92 Å². The van der Waals surface area contributed by atoms with Gasteiger partial charge >= 0.3 is 0 Å². The minimum absolute atomic E-state index is 0.100. The fourth-order valence-electron chi connectivity index (χ4n) is 1.91. The molecule has 0 spiro atoms. The number of hydrogen-bond donors (Lipinski definition) is 1. The number of methoxy groups -OCH3 is 1. The van der Waals surface area contributed by atoms with Crippen LogP contribution in [-0.2, 0) is 4.79 Å². The van der Waals surface area contributed by atoms with Crippen LogP contribution in [0.2, 0.25) is 0 Å². The molecule has 0 fully saturated rings. The molecule has 0 radical (unpaired) electrons. The highest BCUT2D eigenvalue weighted by Crippen LogP contribution is 2.33. The quantitative estimate of drug-likeness (QED) is 0.527. The molecule has 0 aromatic heterocycles. The zero-order valence-corrected chi connectivity index (χ0v) is 16.3. The van der Waals surface area contributed by atoms with Gasteiger partial charge in [-0.25, -0.2) is 5.43 Å². The number of carbonyl (C=O) groups excluding carboxylic acids is 1. The van der Waals surface area contributed by atoms with Crippen LogP contribution in [0.5, 0.6) is 11.5 Å². The van der Waals surface area contributed by atoms with E-state index in [4.69, 9.17) is 9.47 Å². The number of ether oxygens (including phenoxy) is 2. The molecule has 2 rings (SSSR count). The molecule has 0 aliphatic heterocycles. The molecule has 2 aromatic carbocycles.